The number of benzene rings is 1. The molecule has 4 N–H and O–H groups in total. The number of anilines is 1. The maximum Gasteiger partial charge on any atom is 0.315 e. The van der Waals surface area contributed by atoms with E-state index in [1.807, 2.05) is 6.92 Å². The van der Waals surface area contributed by atoms with Gasteiger partial charge in [0.25, 0.3) is 5.91 Å². The monoisotopic (exact) mass is 277 g/mol. The van der Waals surface area contributed by atoms with Crippen LogP contribution in [0.3, 0.4) is 0 Å². The molecular formula is C13H15N3O4. The van der Waals surface area contributed by atoms with Crippen molar-refractivity contribution >= 4 is 23.6 Å². The maximum atomic E-state index is 12.2. The Labute approximate surface area is 115 Å². The highest BCUT2D eigenvalue weighted by Crippen LogP contribution is 2.38. The molecule has 0 spiro atoms. The van der Waals surface area contributed by atoms with Crippen LogP contribution in [0, 0.1) is 6.92 Å². The number of aryl methyl sites for hydroxylation is 1. The molecule has 0 fully saturated rings. The number of carboxylic acids is 1. The van der Waals surface area contributed by atoms with E-state index in [4.69, 9.17) is 5.11 Å². The van der Waals surface area contributed by atoms with Crippen LogP contribution in [0.15, 0.2) is 18.2 Å². The number of hydrogen-bond donors (Lipinski definition) is 4. The van der Waals surface area contributed by atoms with Crippen LogP contribution < -0.4 is 16.0 Å². The Balaban J connectivity index is 2.54. The Morgan fingerprint density at radius 3 is 2.70 bits per heavy atom. The molecule has 1 aliphatic heterocycles. The van der Waals surface area contributed by atoms with Crippen molar-refractivity contribution < 1.29 is 19.5 Å². The van der Waals surface area contributed by atoms with Crippen molar-refractivity contribution in [3.05, 3.63) is 29.3 Å². The summed E-state index contributed by atoms with van der Waals surface area (Å²) in [6.07, 6.45) is -0.525. The van der Waals surface area contributed by atoms with E-state index in [2.05, 4.69) is 16.0 Å². The molecule has 7 heteroatoms. The normalized spacial score (nSPS) is 20.0. The number of carbonyl (C=O) groups excluding carboxylic acids is 2. The molecule has 7 nitrogen and oxygen atoms in total. The van der Waals surface area contributed by atoms with E-state index in [1.54, 1.807) is 18.2 Å². The molecule has 106 valence electrons. The maximum absolute atomic E-state index is 12.2. The van der Waals surface area contributed by atoms with Crippen LogP contribution in [0.25, 0.3) is 0 Å². The molecule has 0 aliphatic carbocycles. The zero-order valence-electron chi connectivity index (χ0n) is 11.1. The van der Waals surface area contributed by atoms with Gasteiger partial charge in [0.2, 0.25) is 0 Å². The summed E-state index contributed by atoms with van der Waals surface area (Å²) >= 11 is 0. The molecule has 0 bridgehead atoms. The van der Waals surface area contributed by atoms with Crippen LogP contribution in [0.1, 0.15) is 17.5 Å². The summed E-state index contributed by atoms with van der Waals surface area (Å²) in [7, 11) is 1.40. The summed E-state index contributed by atoms with van der Waals surface area (Å²) in [5.74, 6) is -1.73. The molecule has 2 rings (SSSR count). The highest BCUT2D eigenvalue weighted by molar-refractivity contribution is 6.09. The first-order valence-corrected chi connectivity index (χ1v) is 6.03. The van der Waals surface area contributed by atoms with Gasteiger partial charge in [-0.1, -0.05) is 12.1 Å². The molecule has 1 aromatic rings. The summed E-state index contributed by atoms with van der Waals surface area (Å²) in [6.45, 7) is 1.86. The van der Waals surface area contributed by atoms with Gasteiger partial charge in [0.05, 0.1) is 6.42 Å². The Bertz CT molecular complexity index is 599. The fraction of sp³-hybridized carbons (Fsp3) is 0.308. The molecule has 0 aromatic heterocycles. The molecular weight excluding hydrogens is 262 g/mol. The zero-order chi connectivity index (χ0) is 14.9. The molecule has 0 saturated carbocycles. The Kier molecular flexibility index (Phi) is 3.35. The van der Waals surface area contributed by atoms with E-state index in [0.29, 0.717) is 11.3 Å². The van der Waals surface area contributed by atoms with E-state index < -0.39 is 29.9 Å². The van der Waals surface area contributed by atoms with Gasteiger partial charge in [-0.05, 0) is 18.6 Å². The van der Waals surface area contributed by atoms with Crippen molar-refractivity contribution in [2.24, 2.45) is 0 Å². The smallest absolute Gasteiger partial charge is 0.315 e. The number of urea groups is 1. The van der Waals surface area contributed by atoms with Crippen LogP contribution in [0.2, 0.25) is 0 Å². The Hall–Kier alpha value is -2.57. The van der Waals surface area contributed by atoms with E-state index in [-0.39, 0.29) is 0 Å². The largest absolute Gasteiger partial charge is 0.481 e. The number of fused-ring (bicyclic) bond motifs is 1. The van der Waals surface area contributed by atoms with Crippen molar-refractivity contribution in [3.8, 4) is 0 Å². The average molecular weight is 277 g/mol. The first-order chi connectivity index (χ1) is 9.39. The van der Waals surface area contributed by atoms with Gasteiger partial charge in [0.1, 0.15) is 0 Å². The average Bonchev–Trinajstić information content (AvgIpc) is 2.60. The quantitative estimate of drug-likeness (QED) is 0.647. The van der Waals surface area contributed by atoms with Crippen molar-refractivity contribution in [3.63, 3.8) is 0 Å². The highest BCUT2D eigenvalue weighted by atomic mass is 16.4. The molecule has 20 heavy (non-hydrogen) atoms. The molecule has 1 aliphatic rings. The van der Waals surface area contributed by atoms with Gasteiger partial charge in [-0.2, -0.15) is 0 Å². The van der Waals surface area contributed by atoms with E-state index >= 15 is 0 Å². The van der Waals surface area contributed by atoms with Crippen LogP contribution in [-0.4, -0.2) is 30.1 Å². The lowest BCUT2D eigenvalue weighted by Gasteiger charge is -2.26. The predicted octanol–water partition coefficient (Wildman–Crippen LogP) is 0.546. The molecule has 0 radical (unpaired) electrons. The van der Waals surface area contributed by atoms with Gasteiger partial charge in [0.15, 0.2) is 5.54 Å². The number of hydrogen-bond acceptors (Lipinski definition) is 3. The molecule has 1 aromatic carbocycles. The Morgan fingerprint density at radius 1 is 1.40 bits per heavy atom. The summed E-state index contributed by atoms with van der Waals surface area (Å²) < 4.78 is 0. The number of rotatable bonds is 3. The van der Waals surface area contributed by atoms with Crippen molar-refractivity contribution in [1.29, 1.82) is 0 Å². The highest BCUT2D eigenvalue weighted by Gasteiger charge is 2.49. The summed E-state index contributed by atoms with van der Waals surface area (Å²) in [4.78, 5) is 34.9. The zero-order valence-corrected chi connectivity index (χ0v) is 11.1. The lowest BCUT2D eigenvalue weighted by molar-refractivity contribution is -0.141. The van der Waals surface area contributed by atoms with Gasteiger partial charge in [-0.25, -0.2) is 4.79 Å². The van der Waals surface area contributed by atoms with Gasteiger partial charge >= 0.3 is 12.0 Å². The second kappa shape index (κ2) is 4.84. The molecule has 1 unspecified atom stereocenters. The van der Waals surface area contributed by atoms with E-state index in [0.717, 1.165) is 5.56 Å². The van der Waals surface area contributed by atoms with Crippen molar-refractivity contribution in [1.82, 2.24) is 10.6 Å². The van der Waals surface area contributed by atoms with Crippen LogP contribution in [0.5, 0.6) is 0 Å². The molecule has 1 heterocycles. The summed E-state index contributed by atoms with van der Waals surface area (Å²) in [5.41, 5.74) is 0.316. The van der Waals surface area contributed by atoms with Crippen LogP contribution >= 0.6 is 0 Å². The molecule has 0 saturated heterocycles. The van der Waals surface area contributed by atoms with Gasteiger partial charge in [-0.3, -0.25) is 9.59 Å². The van der Waals surface area contributed by atoms with E-state index in [9.17, 15) is 14.4 Å². The van der Waals surface area contributed by atoms with Crippen molar-refractivity contribution in [2.45, 2.75) is 18.9 Å². The van der Waals surface area contributed by atoms with Crippen LogP contribution in [-0.2, 0) is 15.1 Å². The third-order valence-electron chi connectivity index (χ3n) is 3.24. The fourth-order valence-electron chi connectivity index (χ4n) is 2.31. The fourth-order valence-corrected chi connectivity index (χ4v) is 2.31. The van der Waals surface area contributed by atoms with Crippen LogP contribution in [0.4, 0.5) is 10.5 Å². The van der Waals surface area contributed by atoms with Gasteiger partial charge in [-0.15, -0.1) is 0 Å². The minimum atomic E-state index is -1.59. The second-order valence-electron chi connectivity index (χ2n) is 4.68. The number of carbonyl (C=O) groups is 3. The SMILES string of the molecule is CNC(=O)NC1(CC(=O)O)C(=O)Nc2cc(C)ccc21. The molecule has 1 atom stereocenters. The molecule has 3 amide bonds. The van der Waals surface area contributed by atoms with Crippen molar-refractivity contribution in [2.75, 3.05) is 12.4 Å². The standard InChI is InChI=1S/C13H15N3O4/c1-7-3-4-8-9(5-7)15-11(19)13(8,6-10(17)18)16-12(20)14-2/h3-5H,6H2,1-2H3,(H,15,19)(H,17,18)(H2,14,16,20). The van der Waals surface area contributed by atoms with E-state index in [1.165, 1.54) is 7.05 Å². The number of carboxylic acid groups (broad SMARTS) is 1. The first-order valence-electron chi connectivity index (χ1n) is 6.03. The summed E-state index contributed by atoms with van der Waals surface area (Å²) in [6, 6.07) is 4.54. The minimum Gasteiger partial charge on any atom is -0.481 e. The Morgan fingerprint density at radius 2 is 2.10 bits per heavy atom. The number of nitrogens with one attached hydrogen (secondary N) is 3. The topological polar surface area (TPSA) is 108 Å². The van der Waals surface area contributed by atoms with Gasteiger partial charge in [0, 0.05) is 18.3 Å². The number of aliphatic carboxylic acids is 1. The summed E-state index contributed by atoms with van der Waals surface area (Å²) in [5, 5.41) is 16.5. The third kappa shape index (κ3) is 2.18. The lowest BCUT2D eigenvalue weighted by atomic mass is 9.87. The lowest BCUT2D eigenvalue weighted by Crippen LogP contribution is -2.54. The third-order valence-corrected chi connectivity index (χ3v) is 3.24. The van der Waals surface area contributed by atoms with Gasteiger partial charge < -0.3 is 21.1 Å². The second-order valence-corrected chi connectivity index (χ2v) is 4.68. The predicted molar refractivity (Wildman–Crippen MR) is 71.3 cm³/mol. The minimum absolute atomic E-state index is 0.458. The number of amides is 3. The first kappa shape index (κ1) is 13.9.